The fourth-order valence-corrected chi connectivity index (χ4v) is 1.90. The summed E-state index contributed by atoms with van der Waals surface area (Å²) in [5.74, 6) is 0. The van der Waals surface area contributed by atoms with Crippen LogP contribution in [0.25, 0.3) is 0 Å². The maximum absolute atomic E-state index is 5.98. The van der Waals surface area contributed by atoms with Crippen molar-refractivity contribution in [1.82, 2.24) is 4.98 Å². The first-order valence-corrected chi connectivity index (χ1v) is 6.08. The summed E-state index contributed by atoms with van der Waals surface area (Å²) in [6.45, 7) is 10.1. The molecule has 0 unspecified atom stereocenters. The molecular weight excluding hydrogens is 236 g/mol. The van der Waals surface area contributed by atoms with Crippen molar-refractivity contribution >= 4 is 24.2 Å². The fourth-order valence-electron chi connectivity index (χ4n) is 1.74. The number of nitrogens with zero attached hydrogens (tertiary/aromatic N) is 1. The lowest BCUT2D eigenvalue weighted by Gasteiger charge is -2.32. The van der Waals surface area contributed by atoms with Crippen molar-refractivity contribution in [3.63, 3.8) is 0 Å². The summed E-state index contributed by atoms with van der Waals surface area (Å²) >= 11 is 5.92. The van der Waals surface area contributed by atoms with E-state index in [0.717, 1.165) is 11.0 Å². The maximum atomic E-state index is 5.98. The van der Waals surface area contributed by atoms with Gasteiger partial charge in [0.15, 0.2) is 0 Å². The molecule has 0 aliphatic carbocycles. The number of aryl methyl sites for hydroxylation is 1. The Balaban J connectivity index is 2.35. The van der Waals surface area contributed by atoms with Gasteiger partial charge in [0.1, 0.15) is 5.15 Å². The van der Waals surface area contributed by atoms with Gasteiger partial charge >= 0.3 is 7.12 Å². The fraction of sp³-hybridized carbons (Fsp3) is 0.583. The molecule has 0 spiro atoms. The molecule has 92 valence electrons. The van der Waals surface area contributed by atoms with Gasteiger partial charge in [-0.15, -0.1) is 0 Å². The van der Waals surface area contributed by atoms with Crippen LogP contribution in [0.1, 0.15) is 33.3 Å². The van der Waals surface area contributed by atoms with E-state index in [1.54, 1.807) is 12.3 Å². The zero-order chi connectivity index (χ0) is 12.8. The van der Waals surface area contributed by atoms with Gasteiger partial charge in [0.25, 0.3) is 0 Å². The number of pyridine rings is 1. The van der Waals surface area contributed by atoms with Crippen LogP contribution in [-0.4, -0.2) is 23.3 Å². The second kappa shape index (κ2) is 3.97. The first-order valence-electron chi connectivity index (χ1n) is 5.71. The van der Waals surface area contributed by atoms with Crippen LogP contribution in [0.4, 0.5) is 0 Å². The average Bonchev–Trinajstić information content (AvgIpc) is 2.40. The molecule has 1 saturated heterocycles. The molecule has 0 atom stereocenters. The van der Waals surface area contributed by atoms with Crippen molar-refractivity contribution in [3.05, 3.63) is 23.0 Å². The van der Waals surface area contributed by atoms with Crippen molar-refractivity contribution in [2.24, 2.45) is 0 Å². The summed E-state index contributed by atoms with van der Waals surface area (Å²) in [6.07, 6.45) is 1.74. The summed E-state index contributed by atoms with van der Waals surface area (Å²) in [5, 5.41) is 0.459. The van der Waals surface area contributed by atoms with Crippen molar-refractivity contribution in [1.29, 1.82) is 0 Å². The molecule has 5 heteroatoms. The molecule has 0 amide bonds. The quantitative estimate of drug-likeness (QED) is 0.569. The molecule has 1 aliphatic heterocycles. The van der Waals surface area contributed by atoms with E-state index in [9.17, 15) is 0 Å². The van der Waals surface area contributed by atoms with Gasteiger partial charge < -0.3 is 9.31 Å². The van der Waals surface area contributed by atoms with Gasteiger partial charge in [0.05, 0.1) is 11.2 Å². The van der Waals surface area contributed by atoms with E-state index in [2.05, 4.69) is 4.98 Å². The van der Waals surface area contributed by atoms with E-state index >= 15 is 0 Å². The third-order valence-electron chi connectivity index (χ3n) is 3.62. The smallest absolute Gasteiger partial charge is 0.399 e. The molecule has 1 aliphatic rings. The molecule has 2 heterocycles. The molecule has 0 N–H and O–H groups in total. The molecule has 1 aromatic heterocycles. The Morgan fingerprint density at radius 1 is 1.18 bits per heavy atom. The maximum Gasteiger partial charge on any atom is 0.495 e. The molecule has 17 heavy (non-hydrogen) atoms. The standard InChI is InChI=1S/C12H17BClNO2/c1-8-7-15-10(14)6-9(8)13-16-11(2,3)12(4,5)17-13/h6-7H,1-5H3. The molecule has 1 aromatic rings. The zero-order valence-electron chi connectivity index (χ0n) is 10.9. The summed E-state index contributed by atoms with van der Waals surface area (Å²) in [7, 11) is -0.375. The van der Waals surface area contributed by atoms with Gasteiger partial charge in [0.2, 0.25) is 0 Å². The van der Waals surface area contributed by atoms with Crippen LogP contribution >= 0.6 is 11.6 Å². The normalized spacial score (nSPS) is 21.9. The Labute approximate surface area is 108 Å². The molecular formula is C12H17BClNO2. The van der Waals surface area contributed by atoms with Crippen molar-refractivity contribution in [2.75, 3.05) is 0 Å². The predicted molar refractivity (Wildman–Crippen MR) is 69.7 cm³/mol. The van der Waals surface area contributed by atoms with Crippen LogP contribution in [0.15, 0.2) is 12.3 Å². The Hall–Kier alpha value is -0.575. The van der Waals surface area contributed by atoms with Crippen LogP contribution in [0.5, 0.6) is 0 Å². The molecule has 0 radical (unpaired) electrons. The minimum atomic E-state index is -0.375. The van der Waals surface area contributed by atoms with Crippen molar-refractivity contribution < 1.29 is 9.31 Å². The van der Waals surface area contributed by atoms with E-state index in [1.165, 1.54) is 0 Å². The largest absolute Gasteiger partial charge is 0.495 e. The molecule has 0 saturated carbocycles. The Morgan fingerprint density at radius 2 is 1.71 bits per heavy atom. The number of rotatable bonds is 1. The van der Waals surface area contributed by atoms with Gasteiger partial charge in [-0.3, -0.25) is 0 Å². The van der Waals surface area contributed by atoms with E-state index in [-0.39, 0.29) is 18.3 Å². The lowest BCUT2D eigenvalue weighted by molar-refractivity contribution is 0.00578. The highest BCUT2D eigenvalue weighted by atomic mass is 35.5. The van der Waals surface area contributed by atoms with Gasteiger partial charge in [0, 0.05) is 6.20 Å². The van der Waals surface area contributed by atoms with Crippen LogP contribution in [0.3, 0.4) is 0 Å². The lowest BCUT2D eigenvalue weighted by Crippen LogP contribution is -2.41. The van der Waals surface area contributed by atoms with Crippen LogP contribution < -0.4 is 5.46 Å². The topological polar surface area (TPSA) is 31.4 Å². The molecule has 3 nitrogen and oxygen atoms in total. The molecule has 1 fully saturated rings. The summed E-state index contributed by atoms with van der Waals surface area (Å²) in [4.78, 5) is 4.04. The average molecular weight is 254 g/mol. The summed E-state index contributed by atoms with van der Waals surface area (Å²) in [6, 6.07) is 1.80. The van der Waals surface area contributed by atoms with E-state index in [1.807, 2.05) is 34.6 Å². The van der Waals surface area contributed by atoms with E-state index < -0.39 is 0 Å². The highest BCUT2D eigenvalue weighted by Crippen LogP contribution is 2.36. The van der Waals surface area contributed by atoms with Gasteiger partial charge in [-0.05, 0) is 51.7 Å². The van der Waals surface area contributed by atoms with Gasteiger partial charge in [-0.2, -0.15) is 0 Å². The van der Waals surface area contributed by atoms with E-state index in [0.29, 0.717) is 5.15 Å². The number of halogens is 1. The zero-order valence-corrected chi connectivity index (χ0v) is 11.6. The van der Waals surface area contributed by atoms with Gasteiger partial charge in [-0.25, -0.2) is 4.98 Å². The minimum absolute atomic E-state index is 0.333. The van der Waals surface area contributed by atoms with Crippen LogP contribution in [-0.2, 0) is 9.31 Å². The summed E-state index contributed by atoms with van der Waals surface area (Å²) in [5.41, 5.74) is 1.30. The second-order valence-corrected chi connectivity index (χ2v) is 5.84. The summed E-state index contributed by atoms with van der Waals surface area (Å²) < 4.78 is 12.0. The molecule has 2 rings (SSSR count). The number of hydrogen-bond donors (Lipinski definition) is 0. The Kier molecular flexibility index (Phi) is 3.01. The number of hydrogen-bond acceptors (Lipinski definition) is 3. The third kappa shape index (κ3) is 2.22. The number of aromatic nitrogens is 1. The van der Waals surface area contributed by atoms with Crippen LogP contribution in [0.2, 0.25) is 5.15 Å². The first-order chi connectivity index (χ1) is 7.73. The Bertz CT molecular complexity index is 432. The highest BCUT2D eigenvalue weighted by Gasteiger charge is 2.52. The first kappa shape index (κ1) is 12.9. The van der Waals surface area contributed by atoms with Crippen LogP contribution in [0, 0.1) is 6.92 Å². The SMILES string of the molecule is Cc1cnc(Cl)cc1B1OC(C)(C)C(C)(C)O1. The van der Waals surface area contributed by atoms with E-state index in [4.69, 9.17) is 20.9 Å². The molecule has 0 aromatic carbocycles. The predicted octanol–water partition coefficient (Wildman–Crippen LogP) is 2.34. The third-order valence-corrected chi connectivity index (χ3v) is 3.83. The van der Waals surface area contributed by atoms with Crippen molar-refractivity contribution in [2.45, 2.75) is 45.8 Å². The highest BCUT2D eigenvalue weighted by molar-refractivity contribution is 6.62. The monoisotopic (exact) mass is 253 g/mol. The van der Waals surface area contributed by atoms with Crippen molar-refractivity contribution in [3.8, 4) is 0 Å². The van der Waals surface area contributed by atoms with Gasteiger partial charge in [-0.1, -0.05) is 11.6 Å². The Morgan fingerprint density at radius 3 is 2.24 bits per heavy atom. The minimum Gasteiger partial charge on any atom is -0.399 e. The lowest BCUT2D eigenvalue weighted by atomic mass is 9.77. The molecule has 0 bridgehead atoms. The second-order valence-electron chi connectivity index (χ2n) is 5.45.